The average Bonchev–Trinajstić information content (AvgIpc) is 2.88. The summed E-state index contributed by atoms with van der Waals surface area (Å²) in [5.74, 6) is 0.253. The molecule has 116 valence electrons. The number of piperazine rings is 1. The first-order valence-corrected chi connectivity index (χ1v) is 7.78. The fourth-order valence-corrected chi connectivity index (χ4v) is 3.02. The topological polar surface area (TPSA) is 53.0 Å². The van der Waals surface area contributed by atoms with Crippen LogP contribution in [0, 0.1) is 0 Å². The third-order valence-corrected chi connectivity index (χ3v) is 4.04. The smallest absolute Gasteiger partial charge is 0.222 e. The number of rotatable bonds is 5. The maximum absolute atomic E-state index is 12.1. The van der Waals surface area contributed by atoms with Gasteiger partial charge in [0.2, 0.25) is 5.91 Å². The highest BCUT2D eigenvalue weighted by Gasteiger charge is 2.25. The summed E-state index contributed by atoms with van der Waals surface area (Å²) in [5.41, 5.74) is -0.661. The summed E-state index contributed by atoms with van der Waals surface area (Å²) in [6.07, 6.45) is 4.01. The highest BCUT2D eigenvalue weighted by Crippen LogP contribution is 2.18. The van der Waals surface area contributed by atoms with Crippen molar-refractivity contribution in [1.82, 2.24) is 9.80 Å². The minimum atomic E-state index is -0.661. The molecule has 2 aliphatic rings. The summed E-state index contributed by atoms with van der Waals surface area (Å²) in [5, 5.41) is 9.81. The monoisotopic (exact) mass is 284 g/mol. The molecule has 0 aromatic rings. The molecule has 0 aliphatic carbocycles. The Hall–Kier alpha value is -0.650. The van der Waals surface area contributed by atoms with Crippen LogP contribution in [0.3, 0.4) is 0 Å². The SMILES string of the molecule is CC(C)(O)CN1CCN(C(=O)CC[C@@H]2CCCO2)CC1. The molecule has 0 unspecified atom stereocenters. The van der Waals surface area contributed by atoms with Gasteiger partial charge in [-0.1, -0.05) is 0 Å². The molecule has 0 radical (unpaired) electrons. The molecule has 0 aromatic carbocycles. The first kappa shape index (κ1) is 15.7. The highest BCUT2D eigenvalue weighted by atomic mass is 16.5. The molecular formula is C15H28N2O3. The molecule has 1 atom stereocenters. The van der Waals surface area contributed by atoms with Gasteiger partial charge in [-0.3, -0.25) is 9.69 Å². The van der Waals surface area contributed by atoms with Crippen LogP contribution in [-0.4, -0.2) is 71.8 Å². The molecule has 0 aromatic heterocycles. The van der Waals surface area contributed by atoms with Gasteiger partial charge in [0, 0.05) is 45.8 Å². The number of nitrogens with zero attached hydrogens (tertiary/aromatic N) is 2. The summed E-state index contributed by atoms with van der Waals surface area (Å²) in [7, 11) is 0. The van der Waals surface area contributed by atoms with Crippen molar-refractivity contribution in [2.75, 3.05) is 39.3 Å². The van der Waals surface area contributed by atoms with E-state index in [9.17, 15) is 9.90 Å². The molecule has 5 nitrogen and oxygen atoms in total. The molecule has 2 aliphatic heterocycles. The number of hydrogen-bond donors (Lipinski definition) is 1. The van der Waals surface area contributed by atoms with Crippen LogP contribution >= 0.6 is 0 Å². The lowest BCUT2D eigenvalue weighted by atomic mass is 10.1. The van der Waals surface area contributed by atoms with Crippen LogP contribution in [0.5, 0.6) is 0 Å². The number of hydrogen-bond acceptors (Lipinski definition) is 4. The second-order valence-corrected chi connectivity index (χ2v) is 6.64. The summed E-state index contributed by atoms with van der Waals surface area (Å²) in [6, 6.07) is 0. The summed E-state index contributed by atoms with van der Waals surface area (Å²) >= 11 is 0. The standard InChI is InChI=1S/C15H28N2O3/c1-15(2,19)12-16-7-9-17(10-8-16)14(18)6-5-13-4-3-11-20-13/h13,19H,3-12H2,1-2H3/t13-/m0/s1. The number of ether oxygens (including phenoxy) is 1. The van der Waals surface area contributed by atoms with E-state index in [0.717, 1.165) is 52.0 Å². The van der Waals surface area contributed by atoms with E-state index in [0.29, 0.717) is 19.1 Å². The molecule has 5 heteroatoms. The molecule has 0 bridgehead atoms. The third kappa shape index (κ3) is 5.04. The molecule has 2 rings (SSSR count). The Morgan fingerprint density at radius 1 is 1.30 bits per heavy atom. The lowest BCUT2D eigenvalue weighted by molar-refractivity contribution is -0.133. The summed E-state index contributed by atoms with van der Waals surface area (Å²) in [6.45, 7) is 8.45. The van der Waals surface area contributed by atoms with Gasteiger partial charge in [-0.2, -0.15) is 0 Å². The Bertz CT molecular complexity index is 314. The van der Waals surface area contributed by atoms with Crippen LogP contribution < -0.4 is 0 Å². The zero-order valence-electron chi connectivity index (χ0n) is 12.8. The first-order chi connectivity index (χ1) is 9.44. The molecule has 0 saturated carbocycles. The third-order valence-electron chi connectivity index (χ3n) is 4.04. The lowest BCUT2D eigenvalue weighted by Crippen LogP contribution is -2.52. The van der Waals surface area contributed by atoms with Crippen molar-refractivity contribution in [3.63, 3.8) is 0 Å². The van der Waals surface area contributed by atoms with E-state index < -0.39 is 5.60 Å². The Balaban J connectivity index is 1.66. The lowest BCUT2D eigenvalue weighted by Gasteiger charge is -2.37. The fourth-order valence-electron chi connectivity index (χ4n) is 3.02. The van der Waals surface area contributed by atoms with Crippen molar-refractivity contribution in [3.05, 3.63) is 0 Å². The quantitative estimate of drug-likeness (QED) is 0.813. The zero-order chi connectivity index (χ0) is 14.6. The van der Waals surface area contributed by atoms with Crippen molar-refractivity contribution in [1.29, 1.82) is 0 Å². The van der Waals surface area contributed by atoms with Crippen LogP contribution in [0.4, 0.5) is 0 Å². The molecule has 2 heterocycles. The van der Waals surface area contributed by atoms with E-state index in [4.69, 9.17) is 4.74 Å². The van der Waals surface area contributed by atoms with Crippen molar-refractivity contribution in [2.45, 2.75) is 51.2 Å². The average molecular weight is 284 g/mol. The van der Waals surface area contributed by atoms with Gasteiger partial charge in [-0.25, -0.2) is 0 Å². The van der Waals surface area contributed by atoms with E-state index in [1.165, 1.54) is 0 Å². The van der Waals surface area contributed by atoms with Crippen molar-refractivity contribution in [3.8, 4) is 0 Å². The van der Waals surface area contributed by atoms with E-state index in [1.54, 1.807) is 0 Å². The highest BCUT2D eigenvalue weighted by molar-refractivity contribution is 5.76. The van der Waals surface area contributed by atoms with Gasteiger partial charge in [0.1, 0.15) is 0 Å². The number of amides is 1. The minimum absolute atomic E-state index is 0.253. The van der Waals surface area contributed by atoms with E-state index in [2.05, 4.69) is 4.90 Å². The number of β-amino-alcohol motifs (C(OH)–C–C–N with tert-alkyl or cyclic N) is 1. The van der Waals surface area contributed by atoms with Crippen LogP contribution in [0.2, 0.25) is 0 Å². The minimum Gasteiger partial charge on any atom is -0.389 e. The fraction of sp³-hybridized carbons (Fsp3) is 0.933. The largest absolute Gasteiger partial charge is 0.389 e. The van der Waals surface area contributed by atoms with Crippen LogP contribution in [0.1, 0.15) is 39.5 Å². The number of aliphatic hydroxyl groups is 1. The van der Waals surface area contributed by atoms with Crippen LogP contribution in [0.15, 0.2) is 0 Å². The van der Waals surface area contributed by atoms with Gasteiger partial charge < -0.3 is 14.7 Å². The maximum Gasteiger partial charge on any atom is 0.222 e. The van der Waals surface area contributed by atoms with E-state index in [1.807, 2.05) is 18.7 Å². The number of carbonyl (C=O) groups excluding carboxylic acids is 1. The summed E-state index contributed by atoms with van der Waals surface area (Å²) < 4.78 is 5.56. The molecule has 2 saturated heterocycles. The molecule has 1 N–H and O–H groups in total. The first-order valence-electron chi connectivity index (χ1n) is 7.78. The molecule has 0 spiro atoms. The van der Waals surface area contributed by atoms with Gasteiger partial charge >= 0.3 is 0 Å². The van der Waals surface area contributed by atoms with Gasteiger partial charge in [-0.05, 0) is 33.1 Å². The normalized spacial score (nSPS) is 25.1. The van der Waals surface area contributed by atoms with Gasteiger partial charge in [0.25, 0.3) is 0 Å². The van der Waals surface area contributed by atoms with Gasteiger partial charge in [0.15, 0.2) is 0 Å². The molecule has 2 fully saturated rings. The molecule has 20 heavy (non-hydrogen) atoms. The van der Waals surface area contributed by atoms with Crippen LogP contribution in [-0.2, 0) is 9.53 Å². The van der Waals surface area contributed by atoms with Crippen molar-refractivity contribution in [2.24, 2.45) is 0 Å². The Labute approximate surface area is 121 Å². The second-order valence-electron chi connectivity index (χ2n) is 6.64. The molecule has 1 amide bonds. The van der Waals surface area contributed by atoms with E-state index >= 15 is 0 Å². The predicted molar refractivity (Wildman–Crippen MR) is 77.5 cm³/mol. The Kier molecular flexibility index (Phi) is 5.41. The molecular weight excluding hydrogens is 256 g/mol. The van der Waals surface area contributed by atoms with Crippen molar-refractivity contribution >= 4 is 5.91 Å². The number of carbonyl (C=O) groups is 1. The Morgan fingerprint density at radius 2 is 2.00 bits per heavy atom. The van der Waals surface area contributed by atoms with Crippen LogP contribution in [0.25, 0.3) is 0 Å². The van der Waals surface area contributed by atoms with Crippen molar-refractivity contribution < 1.29 is 14.6 Å². The Morgan fingerprint density at radius 3 is 2.55 bits per heavy atom. The summed E-state index contributed by atoms with van der Waals surface area (Å²) in [4.78, 5) is 16.3. The second kappa shape index (κ2) is 6.87. The maximum atomic E-state index is 12.1. The predicted octanol–water partition coefficient (Wildman–Crippen LogP) is 0.861. The zero-order valence-corrected chi connectivity index (χ0v) is 12.8. The van der Waals surface area contributed by atoms with Gasteiger partial charge in [0.05, 0.1) is 11.7 Å². The van der Waals surface area contributed by atoms with E-state index in [-0.39, 0.29) is 5.91 Å². The van der Waals surface area contributed by atoms with Gasteiger partial charge in [-0.15, -0.1) is 0 Å².